The zero-order valence-corrected chi connectivity index (χ0v) is 35.1. The van der Waals surface area contributed by atoms with Crippen LogP contribution in [0, 0.1) is 0 Å². The Morgan fingerprint density at radius 3 is 1.30 bits per heavy atom. The Bertz CT molecular complexity index is 1770. The maximum absolute atomic E-state index is 13.7. The summed E-state index contributed by atoms with van der Waals surface area (Å²) in [6.07, 6.45) is -0.141. The molecule has 6 aliphatic rings. The number of hydrogen-bond acceptors (Lipinski definition) is 8. The van der Waals surface area contributed by atoms with Gasteiger partial charge >= 0.3 is 0 Å². The molecule has 4 fully saturated rings. The van der Waals surface area contributed by atoms with Gasteiger partial charge in [-0.2, -0.15) is 0 Å². The summed E-state index contributed by atoms with van der Waals surface area (Å²) < 4.78 is 15.1. The monoisotopic (exact) mass is 772 g/mol. The predicted octanol–water partition coefficient (Wildman–Crippen LogP) is 5.44. The molecule has 0 saturated carbocycles. The van der Waals surface area contributed by atoms with Crippen molar-refractivity contribution in [2.24, 2.45) is 0 Å². The highest BCUT2D eigenvalue weighted by Gasteiger charge is 2.66. The van der Waals surface area contributed by atoms with E-state index in [4.69, 9.17) is 8.85 Å². The van der Waals surface area contributed by atoms with Crippen LogP contribution in [0.15, 0.2) is 36.4 Å². The van der Waals surface area contributed by atoms with Gasteiger partial charge in [0.25, 0.3) is 0 Å². The molecule has 2 aromatic rings. The average molecular weight is 773 g/mol. The van der Waals surface area contributed by atoms with Crippen molar-refractivity contribution in [1.82, 2.24) is 19.6 Å². The van der Waals surface area contributed by atoms with E-state index >= 15 is 0 Å². The van der Waals surface area contributed by atoms with Gasteiger partial charge in [-0.15, -0.1) is 0 Å². The van der Waals surface area contributed by atoms with E-state index in [1.54, 1.807) is 33.7 Å². The summed E-state index contributed by atoms with van der Waals surface area (Å²) in [7, 11) is -1.10. The lowest BCUT2D eigenvalue weighted by atomic mass is 9.86. The predicted molar refractivity (Wildman–Crippen MR) is 212 cm³/mol. The maximum Gasteiger partial charge on any atom is 0.245 e. The van der Waals surface area contributed by atoms with Gasteiger partial charge in [-0.1, -0.05) is 53.7 Å². The van der Waals surface area contributed by atoms with Crippen LogP contribution in [0.5, 0.6) is 0 Å². The second kappa shape index (κ2) is 12.9. The van der Waals surface area contributed by atoms with E-state index < -0.39 is 52.3 Å². The first-order valence-corrected chi connectivity index (χ1v) is 25.2. The molecule has 2 aromatic carbocycles. The smallest absolute Gasteiger partial charge is 0.245 e. The molecule has 0 radical (unpaired) electrons. The number of rotatable bonds is 11. The van der Waals surface area contributed by atoms with E-state index in [1.165, 1.54) is 0 Å². The van der Waals surface area contributed by atoms with Gasteiger partial charge in [0.2, 0.25) is 23.6 Å². The minimum atomic E-state index is -2.26. The van der Waals surface area contributed by atoms with Crippen molar-refractivity contribution in [2.45, 2.75) is 126 Å². The van der Waals surface area contributed by atoms with Crippen molar-refractivity contribution in [3.05, 3.63) is 47.5 Å². The van der Waals surface area contributed by atoms with E-state index in [2.05, 4.69) is 88.6 Å². The van der Waals surface area contributed by atoms with Gasteiger partial charge < -0.3 is 39.1 Å². The molecule has 12 nitrogen and oxygen atoms in total. The standard InChI is InChI=1S/C40H56N6O6Si2/c1-9-53(10-2,11-3)51-39-21-31-35(49)43(7)23-33(47)45(31)37(39)41-29-17-15-25(19-27(29)39)26-16-18-30-28(20-26)40(52-54(12-4,13-5)14-6)22-32-36(50)44(8)24-34(48)46(32)38(40)42-30/h15-20,31-32,37-38,41-42H,9-14,21-24H2,1-8H3/t31-,32-,37-,38-,39+,40+/m1/s1. The van der Waals surface area contributed by atoms with Crippen LogP contribution in [-0.4, -0.2) is 111 Å². The first-order chi connectivity index (χ1) is 25.8. The number of benzene rings is 2. The molecule has 4 amide bonds. The van der Waals surface area contributed by atoms with Crippen LogP contribution in [0.4, 0.5) is 11.4 Å². The Balaban J connectivity index is 1.25. The van der Waals surface area contributed by atoms with Gasteiger partial charge in [0, 0.05) is 49.4 Å². The molecular weight excluding hydrogens is 717 g/mol. The molecule has 0 bridgehead atoms. The van der Waals surface area contributed by atoms with E-state index in [9.17, 15) is 19.2 Å². The van der Waals surface area contributed by atoms with Gasteiger partial charge in [-0.05, 0) is 71.7 Å². The van der Waals surface area contributed by atoms with Crippen molar-refractivity contribution in [3.63, 3.8) is 0 Å². The number of nitrogens with zero attached hydrogens (tertiary/aromatic N) is 4. The molecule has 54 heavy (non-hydrogen) atoms. The minimum Gasteiger partial charge on any atom is -0.403 e. The zero-order chi connectivity index (χ0) is 38.5. The molecule has 6 atom stereocenters. The lowest BCUT2D eigenvalue weighted by Gasteiger charge is -2.42. The van der Waals surface area contributed by atoms with Crippen LogP contribution in [-0.2, 0) is 39.2 Å². The highest BCUT2D eigenvalue weighted by molar-refractivity contribution is 6.74. The van der Waals surface area contributed by atoms with Gasteiger partial charge in [-0.3, -0.25) is 19.2 Å². The molecule has 0 unspecified atom stereocenters. The number of amides is 4. The zero-order valence-electron chi connectivity index (χ0n) is 33.1. The summed E-state index contributed by atoms with van der Waals surface area (Å²) in [5, 5.41) is 7.34. The summed E-state index contributed by atoms with van der Waals surface area (Å²) in [5.41, 5.74) is 4.07. The molecule has 6 heterocycles. The number of piperazine rings is 2. The third kappa shape index (κ3) is 5.04. The lowest BCUT2D eigenvalue weighted by Crippen LogP contribution is -2.60. The fourth-order valence-corrected chi connectivity index (χ4v) is 16.7. The normalized spacial score (nSPS) is 29.9. The van der Waals surface area contributed by atoms with E-state index in [1.807, 2.05) is 0 Å². The van der Waals surface area contributed by atoms with E-state index in [-0.39, 0.29) is 36.7 Å². The number of anilines is 2. The fourth-order valence-electron chi connectivity index (χ4n) is 10.7. The van der Waals surface area contributed by atoms with Crippen LogP contribution in [0.25, 0.3) is 11.1 Å². The molecule has 0 aliphatic carbocycles. The molecule has 8 rings (SSSR count). The first-order valence-electron chi connectivity index (χ1n) is 20.1. The molecule has 4 saturated heterocycles. The second-order valence-electron chi connectivity index (χ2n) is 16.5. The van der Waals surface area contributed by atoms with Gasteiger partial charge in [0.05, 0.1) is 13.1 Å². The number of carbonyl (C=O) groups excluding carboxylic acids is 4. The molecule has 6 aliphatic heterocycles. The number of fused-ring (bicyclic) bond motifs is 10. The van der Waals surface area contributed by atoms with Crippen molar-refractivity contribution < 1.29 is 28.0 Å². The third-order valence-corrected chi connectivity index (χ3v) is 23.6. The molecular formula is C40H56N6O6Si2. The Labute approximate surface area is 321 Å². The number of hydrogen-bond donors (Lipinski definition) is 2. The highest BCUT2D eigenvalue weighted by atomic mass is 28.4. The Hall–Kier alpha value is -3.73. The van der Waals surface area contributed by atoms with Crippen LogP contribution in [0.3, 0.4) is 0 Å². The lowest BCUT2D eigenvalue weighted by molar-refractivity contribution is -0.153. The van der Waals surface area contributed by atoms with Crippen molar-refractivity contribution in [3.8, 4) is 11.1 Å². The molecule has 0 spiro atoms. The summed E-state index contributed by atoms with van der Waals surface area (Å²) in [6, 6.07) is 17.3. The fraction of sp³-hybridized carbons (Fsp3) is 0.600. The van der Waals surface area contributed by atoms with Crippen LogP contribution < -0.4 is 10.6 Å². The quantitative estimate of drug-likeness (QED) is 0.290. The van der Waals surface area contributed by atoms with Crippen LogP contribution in [0.2, 0.25) is 36.3 Å². The third-order valence-electron chi connectivity index (χ3n) is 14.3. The van der Waals surface area contributed by atoms with E-state index in [0.717, 1.165) is 69.9 Å². The minimum absolute atomic E-state index is 0.0453. The Morgan fingerprint density at radius 2 is 0.963 bits per heavy atom. The Morgan fingerprint density at radius 1 is 0.611 bits per heavy atom. The molecule has 290 valence electrons. The van der Waals surface area contributed by atoms with Crippen LogP contribution in [0.1, 0.15) is 65.5 Å². The Kier molecular flexibility index (Phi) is 8.90. The summed E-state index contributed by atoms with van der Waals surface area (Å²) in [6.45, 7) is 13.4. The summed E-state index contributed by atoms with van der Waals surface area (Å²) in [5.74, 6) is -0.224. The van der Waals surface area contributed by atoms with Crippen molar-refractivity contribution in [2.75, 3.05) is 37.8 Å². The molecule has 0 aromatic heterocycles. The largest absolute Gasteiger partial charge is 0.403 e. The average Bonchev–Trinajstić information content (AvgIpc) is 3.86. The van der Waals surface area contributed by atoms with E-state index in [0.29, 0.717) is 12.8 Å². The maximum atomic E-state index is 13.7. The molecule has 2 N–H and O–H groups in total. The summed E-state index contributed by atoms with van der Waals surface area (Å²) in [4.78, 5) is 61.2. The number of likely N-dealkylation sites (N-methyl/N-ethyl adjacent to an activating group) is 2. The number of nitrogens with one attached hydrogen (secondary N) is 2. The summed E-state index contributed by atoms with van der Waals surface area (Å²) >= 11 is 0. The van der Waals surface area contributed by atoms with Gasteiger partial charge in [0.1, 0.15) is 35.6 Å². The van der Waals surface area contributed by atoms with Crippen molar-refractivity contribution >= 4 is 51.6 Å². The topological polar surface area (TPSA) is 124 Å². The SMILES string of the molecule is CC[Si](CC)(CC)O[C@]12C[C@@H]3C(=O)N(C)CC(=O)N3[C@H]1Nc1ccc(-c3ccc4c(c3)[C@@]3(O[Si](CC)(CC)CC)C[C@@H]5C(=O)N(C)CC(=O)N5[C@H]3N4)cc12. The number of carbonyl (C=O) groups is 4. The van der Waals surface area contributed by atoms with Crippen LogP contribution >= 0.6 is 0 Å². The van der Waals surface area contributed by atoms with Gasteiger partial charge in [0.15, 0.2) is 16.6 Å². The first kappa shape index (κ1) is 37.2. The highest BCUT2D eigenvalue weighted by Crippen LogP contribution is 2.58. The molecule has 14 heteroatoms. The van der Waals surface area contributed by atoms with Crippen molar-refractivity contribution in [1.29, 1.82) is 0 Å². The second-order valence-corrected chi connectivity index (χ2v) is 25.9. The van der Waals surface area contributed by atoms with Gasteiger partial charge in [-0.25, -0.2) is 0 Å².